The highest BCUT2D eigenvalue weighted by Gasteiger charge is 2.21. The zero-order valence-electron chi connectivity index (χ0n) is 17.6. The number of nitrogens with zero attached hydrogens (tertiary/aromatic N) is 3. The molecule has 0 saturated heterocycles. The fourth-order valence-corrected chi connectivity index (χ4v) is 4.10. The minimum Gasteiger partial charge on any atom is -0.385 e. The van der Waals surface area contributed by atoms with E-state index in [-0.39, 0.29) is 11.8 Å². The molecular weight excluding hydrogens is 374 g/mol. The maximum Gasteiger partial charge on any atom is 0.259 e. The van der Waals surface area contributed by atoms with Crippen LogP contribution in [0.2, 0.25) is 0 Å². The molecule has 0 aliphatic heterocycles. The van der Waals surface area contributed by atoms with E-state index in [1.54, 1.807) is 17.1 Å². The first-order chi connectivity index (χ1) is 14.6. The standard InChI is InChI=1S/C24H29N5O/c1-17(2)23-21(16-27-29(23)22-9-5-6-14-25-22)24(30)28-20-12-10-19(11-13-20)26-15-18-7-3-4-8-18/h5-6,9-14,16-18,26H,3-4,7-8,15H2,1-2H3,(H,28,30). The van der Waals surface area contributed by atoms with Crippen molar-refractivity contribution in [3.05, 3.63) is 66.1 Å². The molecule has 6 heteroatoms. The van der Waals surface area contributed by atoms with E-state index >= 15 is 0 Å². The molecule has 6 nitrogen and oxygen atoms in total. The van der Waals surface area contributed by atoms with Gasteiger partial charge in [-0.1, -0.05) is 32.8 Å². The summed E-state index contributed by atoms with van der Waals surface area (Å²) in [7, 11) is 0. The molecule has 1 saturated carbocycles. The Morgan fingerprint density at radius 1 is 1.10 bits per heavy atom. The topological polar surface area (TPSA) is 71.8 Å². The minimum atomic E-state index is -0.160. The van der Waals surface area contributed by atoms with Crippen molar-refractivity contribution in [2.45, 2.75) is 45.4 Å². The molecule has 2 heterocycles. The molecule has 1 fully saturated rings. The van der Waals surface area contributed by atoms with Gasteiger partial charge in [-0.2, -0.15) is 5.10 Å². The van der Waals surface area contributed by atoms with Gasteiger partial charge in [0.1, 0.15) is 0 Å². The second-order valence-electron chi connectivity index (χ2n) is 8.26. The maximum absolute atomic E-state index is 13.0. The van der Waals surface area contributed by atoms with Crippen LogP contribution in [0.1, 0.15) is 61.5 Å². The maximum atomic E-state index is 13.0. The SMILES string of the molecule is CC(C)c1c(C(=O)Nc2ccc(NCC3CCCC3)cc2)cnn1-c1ccccn1. The smallest absolute Gasteiger partial charge is 0.259 e. The number of aromatic nitrogens is 3. The lowest BCUT2D eigenvalue weighted by molar-refractivity contribution is 0.102. The molecule has 1 aliphatic rings. The van der Waals surface area contributed by atoms with Gasteiger partial charge in [-0.3, -0.25) is 4.79 Å². The summed E-state index contributed by atoms with van der Waals surface area (Å²) in [5.41, 5.74) is 3.28. The lowest BCUT2D eigenvalue weighted by Gasteiger charge is -2.13. The Bertz CT molecular complexity index is 973. The average Bonchev–Trinajstić information content (AvgIpc) is 3.44. The first-order valence-electron chi connectivity index (χ1n) is 10.8. The molecule has 1 amide bonds. The van der Waals surface area contributed by atoms with Crippen LogP contribution in [0.4, 0.5) is 11.4 Å². The van der Waals surface area contributed by atoms with Crippen molar-refractivity contribution < 1.29 is 4.79 Å². The normalized spacial score (nSPS) is 14.2. The largest absolute Gasteiger partial charge is 0.385 e. The third-order valence-electron chi connectivity index (χ3n) is 5.68. The highest BCUT2D eigenvalue weighted by molar-refractivity contribution is 6.05. The minimum absolute atomic E-state index is 0.123. The highest BCUT2D eigenvalue weighted by atomic mass is 16.1. The van der Waals surface area contributed by atoms with Gasteiger partial charge in [-0.05, 0) is 61.1 Å². The van der Waals surface area contributed by atoms with Crippen LogP contribution in [-0.2, 0) is 0 Å². The molecule has 4 rings (SSSR count). The molecule has 0 atom stereocenters. The van der Waals surface area contributed by atoms with Gasteiger partial charge in [-0.25, -0.2) is 9.67 Å². The van der Waals surface area contributed by atoms with Crippen LogP contribution >= 0.6 is 0 Å². The first kappa shape index (κ1) is 20.1. The van der Waals surface area contributed by atoms with E-state index in [4.69, 9.17) is 0 Å². The third-order valence-corrected chi connectivity index (χ3v) is 5.68. The van der Waals surface area contributed by atoms with Crippen LogP contribution in [0.5, 0.6) is 0 Å². The number of benzene rings is 1. The number of carbonyl (C=O) groups excluding carboxylic acids is 1. The van der Waals surface area contributed by atoms with Gasteiger partial charge in [-0.15, -0.1) is 0 Å². The number of amides is 1. The summed E-state index contributed by atoms with van der Waals surface area (Å²) in [6, 6.07) is 13.6. The summed E-state index contributed by atoms with van der Waals surface area (Å²) in [5, 5.41) is 10.9. The number of hydrogen-bond donors (Lipinski definition) is 2. The van der Waals surface area contributed by atoms with E-state index in [9.17, 15) is 4.79 Å². The quantitative estimate of drug-likeness (QED) is 0.565. The van der Waals surface area contributed by atoms with Crippen molar-refractivity contribution in [3.8, 4) is 5.82 Å². The van der Waals surface area contributed by atoms with Crippen LogP contribution in [0, 0.1) is 5.92 Å². The highest BCUT2D eigenvalue weighted by Crippen LogP contribution is 2.26. The predicted molar refractivity (Wildman–Crippen MR) is 120 cm³/mol. The Morgan fingerprint density at radius 2 is 1.83 bits per heavy atom. The van der Waals surface area contributed by atoms with Crippen LogP contribution in [0.15, 0.2) is 54.9 Å². The number of nitrogens with one attached hydrogen (secondary N) is 2. The van der Waals surface area contributed by atoms with Gasteiger partial charge in [0.15, 0.2) is 5.82 Å². The Balaban J connectivity index is 1.45. The number of hydrogen-bond acceptors (Lipinski definition) is 4. The molecule has 1 aromatic carbocycles. The molecule has 3 aromatic rings. The van der Waals surface area contributed by atoms with Crippen LogP contribution < -0.4 is 10.6 Å². The summed E-state index contributed by atoms with van der Waals surface area (Å²) in [4.78, 5) is 17.3. The molecule has 0 bridgehead atoms. The van der Waals surface area contributed by atoms with Crippen molar-refractivity contribution in [2.24, 2.45) is 5.92 Å². The van der Waals surface area contributed by atoms with Gasteiger partial charge in [0, 0.05) is 24.1 Å². The first-order valence-corrected chi connectivity index (χ1v) is 10.8. The van der Waals surface area contributed by atoms with Crippen molar-refractivity contribution in [3.63, 3.8) is 0 Å². The molecule has 1 aliphatic carbocycles. The molecule has 2 N–H and O–H groups in total. The van der Waals surface area contributed by atoms with Crippen molar-refractivity contribution >= 4 is 17.3 Å². The van der Waals surface area contributed by atoms with Crippen LogP contribution in [0.25, 0.3) is 5.82 Å². The third kappa shape index (κ3) is 4.53. The van der Waals surface area contributed by atoms with E-state index in [0.717, 1.165) is 29.5 Å². The second kappa shape index (κ2) is 9.11. The summed E-state index contributed by atoms with van der Waals surface area (Å²) in [6.45, 7) is 5.13. The van der Waals surface area contributed by atoms with E-state index in [2.05, 4.69) is 34.6 Å². The van der Waals surface area contributed by atoms with Gasteiger partial charge in [0.25, 0.3) is 5.91 Å². The van der Waals surface area contributed by atoms with Gasteiger partial charge >= 0.3 is 0 Å². The molecule has 0 radical (unpaired) electrons. The Hall–Kier alpha value is -3.15. The molecular formula is C24H29N5O. The molecule has 30 heavy (non-hydrogen) atoms. The Kier molecular flexibility index (Phi) is 6.12. The lowest BCUT2D eigenvalue weighted by Crippen LogP contribution is -2.16. The summed E-state index contributed by atoms with van der Waals surface area (Å²) in [5.74, 6) is 1.46. The molecule has 0 spiro atoms. The number of rotatable bonds is 7. The average molecular weight is 404 g/mol. The molecule has 156 valence electrons. The summed E-state index contributed by atoms with van der Waals surface area (Å²) in [6.07, 6.45) is 8.70. The molecule has 0 unspecified atom stereocenters. The Labute approximate surface area is 177 Å². The van der Waals surface area contributed by atoms with Crippen molar-refractivity contribution in [2.75, 3.05) is 17.2 Å². The second-order valence-corrected chi connectivity index (χ2v) is 8.26. The van der Waals surface area contributed by atoms with E-state index < -0.39 is 0 Å². The van der Waals surface area contributed by atoms with Crippen LogP contribution in [0.3, 0.4) is 0 Å². The number of anilines is 2. The van der Waals surface area contributed by atoms with E-state index in [0.29, 0.717) is 11.4 Å². The zero-order chi connectivity index (χ0) is 20.9. The van der Waals surface area contributed by atoms with Gasteiger partial charge < -0.3 is 10.6 Å². The molecule has 2 aromatic heterocycles. The monoisotopic (exact) mass is 403 g/mol. The van der Waals surface area contributed by atoms with Crippen LogP contribution in [-0.4, -0.2) is 27.2 Å². The Morgan fingerprint density at radius 3 is 2.50 bits per heavy atom. The van der Waals surface area contributed by atoms with E-state index in [1.807, 2.05) is 42.5 Å². The predicted octanol–water partition coefficient (Wildman–Crippen LogP) is 5.25. The van der Waals surface area contributed by atoms with Gasteiger partial charge in [0.2, 0.25) is 0 Å². The summed E-state index contributed by atoms with van der Waals surface area (Å²) >= 11 is 0. The van der Waals surface area contributed by atoms with E-state index in [1.165, 1.54) is 25.7 Å². The number of carbonyl (C=O) groups is 1. The fraction of sp³-hybridized carbons (Fsp3) is 0.375. The summed E-state index contributed by atoms with van der Waals surface area (Å²) < 4.78 is 1.75. The van der Waals surface area contributed by atoms with Gasteiger partial charge in [0.05, 0.1) is 17.5 Å². The lowest BCUT2D eigenvalue weighted by atomic mass is 10.1. The van der Waals surface area contributed by atoms with Crippen molar-refractivity contribution in [1.29, 1.82) is 0 Å². The number of pyridine rings is 1. The zero-order valence-corrected chi connectivity index (χ0v) is 17.6. The fourth-order valence-electron chi connectivity index (χ4n) is 4.10. The van der Waals surface area contributed by atoms with Crippen molar-refractivity contribution in [1.82, 2.24) is 14.8 Å².